The number of hydrazine groups is 1. The SMILES string of the molecule is CC(C)(C)OC(=O)CC(=O)NN. The third-order valence-electron chi connectivity index (χ3n) is 0.886. The Balaban J connectivity index is 3.83. The van der Waals surface area contributed by atoms with Crippen LogP contribution in [0.1, 0.15) is 27.2 Å². The lowest BCUT2D eigenvalue weighted by Crippen LogP contribution is -2.34. The molecule has 3 N–H and O–H groups in total. The van der Waals surface area contributed by atoms with Crippen LogP contribution in [0.15, 0.2) is 0 Å². The third kappa shape index (κ3) is 5.67. The van der Waals surface area contributed by atoms with E-state index in [1.54, 1.807) is 20.8 Å². The van der Waals surface area contributed by atoms with Crippen LogP contribution in [0.5, 0.6) is 0 Å². The lowest BCUT2D eigenvalue weighted by Gasteiger charge is -2.18. The van der Waals surface area contributed by atoms with Gasteiger partial charge >= 0.3 is 5.97 Å². The minimum atomic E-state index is -0.578. The van der Waals surface area contributed by atoms with Crippen LogP contribution in [0.4, 0.5) is 0 Å². The molecule has 0 spiro atoms. The first kappa shape index (κ1) is 10.9. The van der Waals surface area contributed by atoms with Crippen molar-refractivity contribution in [2.75, 3.05) is 0 Å². The fraction of sp³-hybridized carbons (Fsp3) is 0.714. The molecule has 0 heterocycles. The number of nitrogens with two attached hydrogens (primary N) is 1. The number of hydrogen-bond donors (Lipinski definition) is 2. The molecule has 5 nitrogen and oxygen atoms in total. The molecule has 0 aromatic carbocycles. The number of carbonyl (C=O) groups is 2. The Labute approximate surface area is 71.2 Å². The summed E-state index contributed by atoms with van der Waals surface area (Å²) in [5.74, 6) is 3.65. The standard InChI is InChI=1S/C7H14N2O3/c1-7(2,3)12-6(11)4-5(10)9-8/h4,8H2,1-3H3,(H,9,10). The predicted molar refractivity (Wildman–Crippen MR) is 42.8 cm³/mol. The molecule has 0 bridgehead atoms. The number of carbonyl (C=O) groups excluding carboxylic acids is 2. The van der Waals surface area contributed by atoms with Crippen LogP contribution in [-0.4, -0.2) is 17.5 Å². The quantitative estimate of drug-likeness (QED) is 0.198. The Morgan fingerprint density at radius 2 is 1.92 bits per heavy atom. The second-order valence-corrected chi connectivity index (χ2v) is 3.33. The molecule has 0 atom stereocenters. The van der Waals surface area contributed by atoms with Crippen molar-refractivity contribution in [1.29, 1.82) is 0 Å². The van der Waals surface area contributed by atoms with Crippen LogP contribution in [0, 0.1) is 0 Å². The zero-order chi connectivity index (χ0) is 9.78. The first-order valence-corrected chi connectivity index (χ1v) is 3.56. The van der Waals surface area contributed by atoms with Gasteiger partial charge in [-0.25, -0.2) is 5.84 Å². The molecule has 0 aliphatic carbocycles. The van der Waals surface area contributed by atoms with E-state index in [1.165, 1.54) is 0 Å². The van der Waals surface area contributed by atoms with Crippen LogP contribution in [0.25, 0.3) is 0 Å². The second-order valence-electron chi connectivity index (χ2n) is 3.33. The maximum Gasteiger partial charge on any atom is 0.315 e. The van der Waals surface area contributed by atoms with E-state index in [-0.39, 0.29) is 6.42 Å². The fourth-order valence-electron chi connectivity index (χ4n) is 0.560. The topological polar surface area (TPSA) is 81.4 Å². The Morgan fingerprint density at radius 1 is 1.42 bits per heavy atom. The summed E-state index contributed by atoms with van der Waals surface area (Å²) in [6, 6.07) is 0. The van der Waals surface area contributed by atoms with Crippen LogP contribution in [0.2, 0.25) is 0 Å². The van der Waals surface area contributed by atoms with E-state index in [0.29, 0.717) is 0 Å². The third-order valence-corrected chi connectivity index (χ3v) is 0.886. The Kier molecular flexibility index (Phi) is 3.69. The number of esters is 1. The lowest BCUT2D eigenvalue weighted by molar-refractivity contribution is -0.156. The minimum Gasteiger partial charge on any atom is -0.460 e. The molecule has 0 saturated heterocycles. The molecule has 0 fully saturated rings. The average molecular weight is 174 g/mol. The first-order valence-electron chi connectivity index (χ1n) is 3.56. The van der Waals surface area contributed by atoms with E-state index in [9.17, 15) is 9.59 Å². The van der Waals surface area contributed by atoms with E-state index >= 15 is 0 Å². The van der Waals surface area contributed by atoms with Crippen molar-refractivity contribution in [2.45, 2.75) is 32.8 Å². The van der Waals surface area contributed by atoms with Crippen molar-refractivity contribution >= 4 is 11.9 Å². The van der Waals surface area contributed by atoms with E-state index in [0.717, 1.165) is 0 Å². The Hall–Kier alpha value is -1.10. The highest BCUT2D eigenvalue weighted by Gasteiger charge is 2.18. The highest BCUT2D eigenvalue weighted by molar-refractivity contribution is 5.94. The van der Waals surface area contributed by atoms with Crippen LogP contribution in [-0.2, 0) is 14.3 Å². The number of rotatable bonds is 2. The summed E-state index contributed by atoms with van der Waals surface area (Å²) in [6.07, 6.45) is -0.340. The van der Waals surface area contributed by atoms with Crippen molar-refractivity contribution in [3.05, 3.63) is 0 Å². The predicted octanol–water partition coefficient (Wildman–Crippen LogP) is -0.292. The maximum absolute atomic E-state index is 10.9. The minimum absolute atomic E-state index is 0.340. The molecule has 0 aliphatic rings. The molecule has 70 valence electrons. The van der Waals surface area contributed by atoms with Gasteiger partial charge in [-0.05, 0) is 20.8 Å². The van der Waals surface area contributed by atoms with Crippen LogP contribution >= 0.6 is 0 Å². The lowest BCUT2D eigenvalue weighted by atomic mass is 10.2. The number of ether oxygens (including phenoxy) is 1. The van der Waals surface area contributed by atoms with Crippen molar-refractivity contribution in [3.63, 3.8) is 0 Å². The van der Waals surface area contributed by atoms with Crippen molar-refractivity contribution in [1.82, 2.24) is 5.43 Å². The molecule has 0 aliphatic heterocycles. The van der Waals surface area contributed by atoms with Gasteiger partial charge in [0.05, 0.1) is 0 Å². The van der Waals surface area contributed by atoms with Gasteiger partial charge in [0.15, 0.2) is 0 Å². The van der Waals surface area contributed by atoms with Gasteiger partial charge < -0.3 is 4.74 Å². The molecule has 0 aromatic heterocycles. The summed E-state index contributed by atoms with van der Waals surface area (Å²) in [5, 5.41) is 0. The van der Waals surface area contributed by atoms with E-state index < -0.39 is 17.5 Å². The summed E-state index contributed by atoms with van der Waals surface area (Å²) in [5.41, 5.74) is 1.28. The molecule has 0 unspecified atom stereocenters. The smallest absolute Gasteiger partial charge is 0.315 e. The monoisotopic (exact) mass is 174 g/mol. The molecule has 5 heteroatoms. The summed E-state index contributed by atoms with van der Waals surface area (Å²) < 4.78 is 4.85. The Bertz CT molecular complexity index is 184. The number of amides is 1. The molecule has 0 saturated carbocycles. The van der Waals surface area contributed by atoms with Gasteiger partial charge in [0, 0.05) is 0 Å². The summed E-state index contributed by atoms with van der Waals surface area (Å²) in [6.45, 7) is 5.18. The van der Waals surface area contributed by atoms with Gasteiger partial charge in [0.25, 0.3) is 0 Å². The van der Waals surface area contributed by atoms with E-state index in [1.807, 2.05) is 5.43 Å². The van der Waals surface area contributed by atoms with Crippen molar-refractivity contribution in [2.24, 2.45) is 5.84 Å². The molecule has 0 radical (unpaired) electrons. The van der Waals surface area contributed by atoms with Crippen LogP contribution in [0.3, 0.4) is 0 Å². The molecule has 1 amide bonds. The first-order chi connectivity index (χ1) is 5.35. The maximum atomic E-state index is 10.9. The molecule has 12 heavy (non-hydrogen) atoms. The van der Waals surface area contributed by atoms with E-state index in [4.69, 9.17) is 10.6 Å². The van der Waals surface area contributed by atoms with Gasteiger partial charge in [-0.3, -0.25) is 15.0 Å². The number of hydrogen-bond acceptors (Lipinski definition) is 4. The largest absolute Gasteiger partial charge is 0.460 e. The zero-order valence-electron chi connectivity index (χ0n) is 7.51. The van der Waals surface area contributed by atoms with Gasteiger partial charge in [0.1, 0.15) is 12.0 Å². The normalized spacial score (nSPS) is 10.7. The summed E-state index contributed by atoms with van der Waals surface area (Å²) in [4.78, 5) is 21.5. The van der Waals surface area contributed by atoms with Gasteiger partial charge in [0.2, 0.25) is 5.91 Å². The van der Waals surface area contributed by atoms with Crippen molar-refractivity contribution < 1.29 is 14.3 Å². The Morgan fingerprint density at radius 3 is 2.25 bits per heavy atom. The second kappa shape index (κ2) is 4.06. The molecule has 0 rings (SSSR count). The average Bonchev–Trinajstić information content (AvgIpc) is 1.82. The van der Waals surface area contributed by atoms with Gasteiger partial charge in [-0.1, -0.05) is 0 Å². The highest BCUT2D eigenvalue weighted by Crippen LogP contribution is 2.07. The number of nitrogens with one attached hydrogen (secondary N) is 1. The molecular weight excluding hydrogens is 160 g/mol. The van der Waals surface area contributed by atoms with Crippen LogP contribution < -0.4 is 11.3 Å². The molecule has 0 aromatic rings. The van der Waals surface area contributed by atoms with Crippen molar-refractivity contribution in [3.8, 4) is 0 Å². The summed E-state index contributed by atoms with van der Waals surface area (Å²) in [7, 11) is 0. The van der Waals surface area contributed by atoms with E-state index in [2.05, 4.69) is 0 Å². The highest BCUT2D eigenvalue weighted by atomic mass is 16.6. The zero-order valence-corrected chi connectivity index (χ0v) is 7.51. The fourth-order valence-corrected chi connectivity index (χ4v) is 0.560. The molecular formula is C7H14N2O3. The summed E-state index contributed by atoms with van der Waals surface area (Å²) >= 11 is 0. The van der Waals surface area contributed by atoms with Gasteiger partial charge in [-0.2, -0.15) is 0 Å². The van der Waals surface area contributed by atoms with Gasteiger partial charge in [-0.15, -0.1) is 0 Å².